The Balaban J connectivity index is 2.15. The maximum Gasteiger partial charge on any atom is 0.101 e. The van der Waals surface area contributed by atoms with Crippen molar-refractivity contribution in [1.29, 1.82) is 0 Å². The van der Waals surface area contributed by atoms with Gasteiger partial charge >= 0.3 is 0 Å². The van der Waals surface area contributed by atoms with Gasteiger partial charge in [0.25, 0.3) is 0 Å². The van der Waals surface area contributed by atoms with Gasteiger partial charge in [0.05, 0.1) is 6.04 Å². The van der Waals surface area contributed by atoms with Crippen LogP contribution in [-0.2, 0) is 7.05 Å². The van der Waals surface area contributed by atoms with Gasteiger partial charge in [0, 0.05) is 13.2 Å². The van der Waals surface area contributed by atoms with Gasteiger partial charge in [-0.15, -0.1) is 5.10 Å². The van der Waals surface area contributed by atoms with E-state index in [0.29, 0.717) is 11.3 Å². The molecule has 1 aromatic heterocycles. The predicted octanol–water partition coefficient (Wildman–Crippen LogP) is 0.366. The molecule has 1 heterocycles. The number of aromatic nitrogens is 3. The van der Waals surface area contributed by atoms with E-state index in [1.807, 2.05) is 13.2 Å². The fourth-order valence-corrected chi connectivity index (χ4v) is 1.99. The lowest BCUT2D eigenvalue weighted by atomic mass is 10.0. The fourth-order valence-electron chi connectivity index (χ4n) is 1.99. The molecule has 5 heteroatoms. The average molecular weight is 195 g/mol. The van der Waals surface area contributed by atoms with E-state index in [1.165, 1.54) is 6.42 Å². The zero-order valence-corrected chi connectivity index (χ0v) is 8.86. The third-order valence-electron chi connectivity index (χ3n) is 3.11. The Labute approximate surface area is 83.6 Å². The molecule has 14 heavy (non-hydrogen) atoms. The summed E-state index contributed by atoms with van der Waals surface area (Å²) in [6, 6.07) is 0.138. The highest BCUT2D eigenvalue weighted by Crippen LogP contribution is 2.57. The molecule has 3 N–H and O–H groups in total. The molecule has 1 aliphatic carbocycles. The first kappa shape index (κ1) is 9.61. The van der Waals surface area contributed by atoms with Gasteiger partial charge in [0.15, 0.2) is 0 Å². The Morgan fingerprint density at radius 1 is 1.71 bits per heavy atom. The highest BCUT2D eigenvalue weighted by molar-refractivity contribution is 5.11. The Hall–Kier alpha value is -0.940. The van der Waals surface area contributed by atoms with E-state index in [2.05, 4.69) is 29.6 Å². The minimum atomic E-state index is 0.138. The zero-order chi connectivity index (χ0) is 10.3. The Morgan fingerprint density at radius 3 is 2.71 bits per heavy atom. The summed E-state index contributed by atoms with van der Waals surface area (Å²) in [7, 11) is 1.86. The second-order valence-corrected chi connectivity index (χ2v) is 4.76. The van der Waals surface area contributed by atoms with E-state index in [4.69, 9.17) is 5.84 Å². The standard InChI is InChI=1S/C9H17N5/c1-9(2)4-6(9)8(11-10)7-5-14(3)13-12-7/h5-6,8,11H,4,10H2,1-3H3. The number of nitrogens with one attached hydrogen (secondary N) is 1. The molecule has 0 amide bonds. The first-order valence-electron chi connectivity index (χ1n) is 4.87. The SMILES string of the molecule is Cn1cc(C(NN)C2CC2(C)C)nn1. The third kappa shape index (κ3) is 1.53. The van der Waals surface area contributed by atoms with Crippen molar-refractivity contribution in [1.82, 2.24) is 20.4 Å². The number of hydrogen-bond donors (Lipinski definition) is 2. The Morgan fingerprint density at radius 2 is 2.36 bits per heavy atom. The molecule has 5 nitrogen and oxygen atoms in total. The molecule has 0 aliphatic heterocycles. The van der Waals surface area contributed by atoms with Crippen LogP contribution in [0.15, 0.2) is 6.20 Å². The number of nitrogens with zero attached hydrogens (tertiary/aromatic N) is 3. The number of rotatable bonds is 3. The van der Waals surface area contributed by atoms with Gasteiger partial charge in [0.1, 0.15) is 5.69 Å². The van der Waals surface area contributed by atoms with Crippen LogP contribution in [0.3, 0.4) is 0 Å². The Bertz CT molecular complexity index is 330. The predicted molar refractivity (Wildman–Crippen MR) is 53.0 cm³/mol. The van der Waals surface area contributed by atoms with E-state index < -0.39 is 0 Å². The summed E-state index contributed by atoms with van der Waals surface area (Å²) in [6.07, 6.45) is 3.11. The number of hydrazine groups is 1. The van der Waals surface area contributed by atoms with Crippen molar-refractivity contribution in [3.8, 4) is 0 Å². The molecule has 1 aliphatic rings. The molecular formula is C9H17N5. The zero-order valence-electron chi connectivity index (χ0n) is 8.86. The molecule has 1 aromatic rings. The first-order chi connectivity index (χ1) is 6.54. The lowest BCUT2D eigenvalue weighted by Gasteiger charge is -2.14. The average Bonchev–Trinajstić information content (AvgIpc) is 2.56. The van der Waals surface area contributed by atoms with Gasteiger partial charge in [-0.3, -0.25) is 16.0 Å². The normalized spacial score (nSPS) is 26.1. The minimum Gasteiger partial charge on any atom is -0.271 e. The quantitative estimate of drug-likeness (QED) is 0.540. The van der Waals surface area contributed by atoms with Crippen LogP contribution in [0.4, 0.5) is 0 Å². The Kier molecular flexibility index (Phi) is 2.08. The van der Waals surface area contributed by atoms with E-state index in [-0.39, 0.29) is 6.04 Å². The van der Waals surface area contributed by atoms with E-state index in [9.17, 15) is 0 Å². The molecule has 78 valence electrons. The van der Waals surface area contributed by atoms with Gasteiger partial charge in [-0.25, -0.2) is 0 Å². The molecule has 1 fully saturated rings. The summed E-state index contributed by atoms with van der Waals surface area (Å²) in [5.41, 5.74) is 4.15. The second-order valence-electron chi connectivity index (χ2n) is 4.76. The molecular weight excluding hydrogens is 178 g/mol. The van der Waals surface area contributed by atoms with Crippen LogP contribution >= 0.6 is 0 Å². The lowest BCUT2D eigenvalue weighted by Crippen LogP contribution is -2.31. The maximum atomic E-state index is 5.55. The van der Waals surface area contributed by atoms with Crippen LogP contribution in [0.5, 0.6) is 0 Å². The third-order valence-corrected chi connectivity index (χ3v) is 3.11. The molecule has 0 radical (unpaired) electrons. The van der Waals surface area contributed by atoms with Gasteiger partial charge in [-0.05, 0) is 17.8 Å². The van der Waals surface area contributed by atoms with Crippen molar-refractivity contribution >= 4 is 0 Å². The summed E-state index contributed by atoms with van der Waals surface area (Å²) >= 11 is 0. The van der Waals surface area contributed by atoms with Gasteiger partial charge in [-0.1, -0.05) is 19.1 Å². The van der Waals surface area contributed by atoms with Gasteiger partial charge in [-0.2, -0.15) is 0 Å². The van der Waals surface area contributed by atoms with E-state index >= 15 is 0 Å². The number of nitrogens with two attached hydrogens (primary N) is 1. The van der Waals surface area contributed by atoms with Crippen molar-refractivity contribution in [2.24, 2.45) is 24.2 Å². The van der Waals surface area contributed by atoms with Crippen LogP contribution in [0.2, 0.25) is 0 Å². The van der Waals surface area contributed by atoms with Crippen LogP contribution in [0.1, 0.15) is 32.0 Å². The smallest absolute Gasteiger partial charge is 0.101 e. The summed E-state index contributed by atoms with van der Waals surface area (Å²) in [5.74, 6) is 6.12. The molecule has 0 aromatic carbocycles. The fraction of sp³-hybridized carbons (Fsp3) is 0.778. The molecule has 2 rings (SSSR count). The van der Waals surface area contributed by atoms with Crippen molar-refractivity contribution in [3.63, 3.8) is 0 Å². The van der Waals surface area contributed by atoms with Crippen LogP contribution in [0.25, 0.3) is 0 Å². The minimum absolute atomic E-state index is 0.138. The van der Waals surface area contributed by atoms with E-state index in [1.54, 1.807) is 4.68 Å². The summed E-state index contributed by atoms with van der Waals surface area (Å²) in [5, 5.41) is 8.00. The van der Waals surface area contributed by atoms with Crippen LogP contribution < -0.4 is 11.3 Å². The molecule has 2 unspecified atom stereocenters. The van der Waals surface area contributed by atoms with Crippen molar-refractivity contribution in [3.05, 3.63) is 11.9 Å². The lowest BCUT2D eigenvalue weighted by molar-refractivity contribution is 0.415. The van der Waals surface area contributed by atoms with Crippen molar-refractivity contribution < 1.29 is 0 Å². The summed E-state index contributed by atoms with van der Waals surface area (Å²) in [4.78, 5) is 0. The molecule has 0 spiro atoms. The van der Waals surface area contributed by atoms with Crippen molar-refractivity contribution in [2.75, 3.05) is 0 Å². The van der Waals surface area contributed by atoms with Crippen LogP contribution in [-0.4, -0.2) is 15.0 Å². The van der Waals surface area contributed by atoms with E-state index in [0.717, 1.165) is 5.69 Å². The topological polar surface area (TPSA) is 68.8 Å². The maximum absolute atomic E-state index is 5.55. The van der Waals surface area contributed by atoms with Crippen LogP contribution in [0, 0.1) is 11.3 Å². The second kappa shape index (κ2) is 3.03. The number of hydrogen-bond acceptors (Lipinski definition) is 4. The monoisotopic (exact) mass is 195 g/mol. The highest BCUT2D eigenvalue weighted by atomic mass is 15.4. The number of aryl methyl sites for hydroxylation is 1. The van der Waals surface area contributed by atoms with Crippen molar-refractivity contribution in [2.45, 2.75) is 26.3 Å². The summed E-state index contributed by atoms with van der Waals surface area (Å²) in [6.45, 7) is 4.50. The molecule has 1 saturated carbocycles. The molecule has 2 atom stereocenters. The largest absolute Gasteiger partial charge is 0.271 e. The highest BCUT2D eigenvalue weighted by Gasteiger charge is 2.51. The molecule has 0 bridgehead atoms. The van der Waals surface area contributed by atoms with Gasteiger partial charge in [0.2, 0.25) is 0 Å². The summed E-state index contributed by atoms with van der Waals surface area (Å²) < 4.78 is 1.70. The first-order valence-corrected chi connectivity index (χ1v) is 4.87. The molecule has 0 saturated heterocycles. The van der Waals surface area contributed by atoms with Gasteiger partial charge < -0.3 is 0 Å².